The highest BCUT2D eigenvalue weighted by molar-refractivity contribution is 5.91. The summed E-state index contributed by atoms with van der Waals surface area (Å²) < 4.78 is 16.4. The Hall–Kier alpha value is -2.01. The highest BCUT2D eigenvalue weighted by Crippen LogP contribution is 2.28. The van der Waals surface area contributed by atoms with Crippen LogP contribution in [-0.4, -0.2) is 50.8 Å². The van der Waals surface area contributed by atoms with E-state index in [-0.39, 0.29) is 5.91 Å². The molecular formula is C19H27NO4. The second-order valence-electron chi connectivity index (χ2n) is 5.74. The first-order chi connectivity index (χ1) is 11.7. The Bertz CT molecular complexity index is 550. The fraction of sp³-hybridized carbons (Fsp3) is 0.526. The molecule has 1 aromatic carbocycles. The molecule has 5 nitrogen and oxygen atoms in total. The van der Waals surface area contributed by atoms with Crippen molar-refractivity contribution in [2.45, 2.75) is 26.2 Å². The SMILES string of the molecule is CCCCCOc1cc(/C=C/C(=O)N2CCOCC2)ccc1OC. The molecule has 1 heterocycles. The van der Waals surface area contributed by atoms with Crippen molar-refractivity contribution in [1.29, 1.82) is 0 Å². The van der Waals surface area contributed by atoms with E-state index in [0.29, 0.717) is 38.7 Å². The van der Waals surface area contributed by atoms with Crippen molar-refractivity contribution in [3.63, 3.8) is 0 Å². The second kappa shape index (κ2) is 9.98. The average molecular weight is 333 g/mol. The summed E-state index contributed by atoms with van der Waals surface area (Å²) in [5.74, 6) is 1.44. The van der Waals surface area contributed by atoms with Crippen LogP contribution in [0.25, 0.3) is 6.08 Å². The number of ether oxygens (including phenoxy) is 3. The molecule has 24 heavy (non-hydrogen) atoms. The molecule has 0 aliphatic carbocycles. The molecule has 0 aromatic heterocycles. The number of hydrogen-bond donors (Lipinski definition) is 0. The minimum atomic E-state index is 0.0135. The predicted octanol–water partition coefficient (Wildman–Crippen LogP) is 3.14. The summed E-state index contributed by atoms with van der Waals surface area (Å²) in [6.07, 6.45) is 6.75. The predicted molar refractivity (Wildman–Crippen MR) is 94.4 cm³/mol. The minimum absolute atomic E-state index is 0.0135. The lowest BCUT2D eigenvalue weighted by Crippen LogP contribution is -2.39. The topological polar surface area (TPSA) is 48.0 Å². The van der Waals surface area contributed by atoms with Crippen molar-refractivity contribution < 1.29 is 19.0 Å². The normalized spacial score (nSPS) is 14.8. The zero-order chi connectivity index (χ0) is 17.2. The molecule has 1 saturated heterocycles. The van der Waals surface area contributed by atoms with Crippen molar-refractivity contribution in [3.05, 3.63) is 29.8 Å². The Balaban J connectivity index is 1.98. The Labute approximate surface area is 144 Å². The molecule has 1 fully saturated rings. The quantitative estimate of drug-likeness (QED) is 0.542. The third kappa shape index (κ3) is 5.57. The van der Waals surface area contributed by atoms with E-state index in [2.05, 4.69) is 6.92 Å². The number of amides is 1. The largest absolute Gasteiger partial charge is 0.493 e. The van der Waals surface area contributed by atoms with Crippen LogP contribution in [0.1, 0.15) is 31.7 Å². The number of rotatable bonds is 8. The summed E-state index contributed by atoms with van der Waals surface area (Å²) in [4.78, 5) is 13.9. The van der Waals surface area contributed by atoms with E-state index in [1.807, 2.05) is 24.3 Å². The fourth-order valence-electron chi connectivity index (χ4n) is 2.50. The summed E-state index contributed by atoms with van der Waals surface area (Å²) in [5, 5.41) is 0. The van der Waals surface area contributed by atoms with Gasteiger partial charge in [0.25, 0.3) is 0 Å². The van der Waals surface area contributed by atoms with Crippen molar-refractivity contribution in [3.8, 4) is 11.5 Å². The number of hydrogen-bond acceptors (Lipinski definition) is 4. The lowest BCUT2D eigenvalue weighted by molar-refractivity contribution is -0.129. The molecule has 2 rings (SSSR count). The van der Waals surface area contributed by atoms with Gasteiger partial charge in [0.2, 0.25) is 5.91 Å². The molecule has 0 radical (unpaired) electrons. The lowest BCUT2D eigenvalue weighted by atomic mass is 10.2. The monoisotopic (exact) mass is 333 g/mol. The first-order valence-electron chi connectivity index (χ1n) is 8.60. The van der Waals surface area contributed by atoms with E-state index >= 15 is 0 Å². The number of carbonyl (C=O) groups excluding carboxylic acids is 1. The van der Waals surface area contributed by atoms with Gasteiger partial charge >= 0.3 is 0 Å². The first-order valence-corrected chi connectivity index (χ1v) is 8.60. The smallest absolute Gasteiger partial charge is 0.246 e. The maximum absolute atomic E-state index is 12.2. The average Bonchev–Trinajstić information content (AvgIpc) is 2.64. The van der Waals surface area contributed by atoms with Crippen LogP contribution < -0.4 is 9.47 Å². The van der Waals surface area contributed by atoms with Crippen molar-refractivity contribution in [2.75, 3.05) is 40.0 Å². The highest BCUT2D eigenvalue weighted by atomic mass is 16.5. The van der Waals surface area contributed by atoms with E-state index in [9.17, 15) is 4.79 Å². The number of morpholine rings is 1. The second-order valence-corrected chi connectivity index (χ2v) is 5.74. The third-order valence-corrected chi connectivity index (χ3v) is 3.93. The molecule has 132 valence electrons. The third-order valence-electron chi connectivity index (χ3n) is 3.93. The summed E-state index contributed by atoms with van der Waals surface area (Å²) in [6, 6.07) is 5.70. The van der Waals surface area contributed by atoms with Gasteiger partial charge in [-0.05, 0) is 30.2 Å². The van der Waals surface area contributed by atoms with Gasteiger partial charge in [0.05, 0.1) is 26.9 Å². The molecule has 1 aliphatic heterocycles. The standard InChI is InChI=1S/C19H27NO4/c1-3-4-5-12-24-18-15-16(6-8-17(18)22-2)7-9-19(21)20-10-13-23-14-11-20/h6-9,15H,3-5,10-14H2,1-2H3/b9-7+. The lowest BCUT2D eigenvalue weighted by Gasteiger charge is -2.25. The van der Waals surface area contributed by atoms with Crippen LogP contribution in [0.2, 0.25) is 0 Å². The highest BCUT2D eigenvalue weighted by Gasteiger charge is 2.14. The number of nitrogens with zero attached hydrogens (tertiary/aromatic N) is 1. The van der Waals surface area contributed by atoms with Crippen molar-refractivity contribution >= 4 is 12.0 Å². The molecule has 0 saturated carbocycles. The zero-order valence-electron chi connectivity index (χ0n) is 14.6. The Morgan fingerprint density at radius 1 is 1.25 bits per heavy atom. The molecule has 0 bridgehead atoms. The van der Waals surface area contributed by atoms with Gasteiger partial charge in [0, 0.05) is 19.2 Å². The van der Waals surface area contributed by atoms with Crippen LogP contribution in [0, 0.1) is 0 Å². The molecule has 0 unspecified atom stereocenters. The van der Waals surface area contributed by atoms with Gasteiger partial charge in [0.15, 0.2) is 11.5 Å². The van der Waals surface area contributed by atoms with Gasteiger partial charge in [-0.1, -0.05) is 25.8 Å². The summed E-state index contributed by atoms with van der Waals surface area (Å²) in [7, 11) is 1.63. The summed E-state index contributed by atoms with van der Waals surface area (Å²) in [6.45, 7) is 5.35. The van der Waals surface area contributed by atoms with Crippen LogP contribution >= 0.6 is 0 Å². The van der Waals surface area contributed by atoms with Crippen LogP contribution in [0.3, 0.4) is 0 Å². The Morgan fingerprint density at radius 3 is 2.75 bits per heavy atom. The van der Waals surface area contributed by atoms with Crippen molar-refractivity contribution in [2.24, 2.45) is 0 Å². The molecule has 0 atom stereocenters. The van der Waals surface area contributed by atoms with Gasteiger partial charge in [-0.3, -0.25) is 4.79 Å². The van der Waals surface area contributed by atoms with E-state index < -0.39 is 0 Å². The van der Waals surface area contributed by atoms with Crippen molar-refractivity contribution in [1.82, 2.24) is 4.90 Å². The Kier molecular flexibility index (Phi) is 7.62. The molecule has 5 heteroatoms. The minimum Gasteiger partial charge on any atom is -0.493 e. The van der Waals surface area contributed by atoms with E-state index in [4.69, 9.17) is 14.2 Å². The molecular weight excluding hydrogens is 306 g/mol. The summed E-state index contributed by atoms with van der Waals surface area (Å²) >= 11 is 0. The van der Waals surface area contributed by atoms with Crippen LogP contribution in [0.4, 0.5) is 0 Å². The van der Waals surface area contributed by atoms with Gasteiger partial charge < -0.3 is 19.1 Å². The Morgan fingerprint density at radius 2 is 2.04 bits per heavy atom. The number of unbranched alkanes of at least 4 members (excludes halogenated alkanes) is 2. The van der Waals surface area contributed by atoms with E-state index in [1.165, 1.54) is 0 Å². The van der Waals surface area contributed by atoms with Gasteiger partial charge in [-0.15, -0.1) is 0 Å². The molecule has 1 amide bonds. The van der Waals surface area contributed by atoms with E-state index in [1.54, 1.807) is 18.1 Å². The van der Waals surface area contributed by atoms with Crippen LogP contribution in [0.5, 0.6) is 11.5 Å². The number of methoxy groups -OCH3 is 1. The maximum atomic E-state index is 12.2. The fourth-order valence-corrected chi connectivity index (χ4v) is 2.50. The molecule has 0 spiro atoms. The first kappa shape index (κ1) is 18.3. The number of carbonyl (C=O) groups is 1. The molecule has 1 aromatic rings. The van der Waals surface area contributed by atoms with Crippen LogP contribution in [-0.2, 0) is 9.53 Å². The summed E-state index contributed by atoms with van der Waals surface area (Å²) in [5.41, 5.74) is 0.919. The maximum Gasteiger partial charge on any atom is 0.246 e. The van der Waals surface area contributed by atoms with E-state index in [0.717, 1.165) is 30.6 Å². The van der Waals surface area contributed by atoms with Crippen LogP contribution in [0.15, 0.2) is 24.3 Å². The zero-order valence-corrected chi connectivity index (χ0v) is 14.6. The molecule has 1 aliphatic rings. The van der Waals surface area contributed by atoms with Gasteiger partial charge in [0.1, 0.15) is 0 Å². The van der Waals surface area contributed by atoms with Gasteiger partial charge in [-0.2, -0.15) is 0 Å². The number of benzene rings is 1. The molecule has 0 N–H and O–H groups in total. The van der Waals surface area contributed by atoms with Gasteiger partial charge in [-0.25, -0.2) is 0 Å².